The Kier molecular flexibility index (Phi) is 2.39. The summed E-state index contributed by atoms with van der Waals surface area (Å²) in [5, 5.41) is 10.1. The zero-order valence-electron chi connectivity index (χ0n) is 11.7. The van der Waals surface area contributed by atoms with Crippen molar-refractivity contribution < 1.29 is 19.4 Å². The molecule has 0 saturated carbocycles. The van der Waals surface area contributed by atoms with Crippen LogP contribution >= 0.6 is 0 Å². The van der Waals surface area contributed by atoms with E-state index in [1.807, 2.05) is 20.8 Å². The van der Waals surface area contributed by atoms with E-state index >= 15 is 0 Å². The van der Waals surface area contributed by atoms with E-state index in [0.717, 1.165) is 0 Å². The van der Waals surface area contributed by atoms with E-state index in [0.29, 0.717) is 0 Å². The fourth-order valence-electron chi connectivity index (χ4n) is 2.74. The van der Waals surface area contributed by atoms with Crippen LogP contribution in [-0.2, 0) is 14.3 Å². The smallest absolute Gasteiger partial charge is 0.233 e. The van der Waals surface area contributed by atoms with E-state index in [2.05, 4.69) is 0 Å². The molecule has 0 bridgehead atoms. The van der Waals surface area contributed by atoms with Gasteiger partial charge in [0, 0.05) is 11.0 Å². The average molecular weight is 252 g/mol. The molecule has 1 aliphatic heterocycles. The van der Waals surface area contributed by atoms with Gasteiger partial charge in [0.15, 0.2) is 23.2 Å². The molecule has 18 heavy (non-hydrogen) atoms. The van der Waals surface area contributed by atoms with Gasteiger partial charge in [0.2, 0.25) is 5.78 Å². The molecule has 4 heteroatoms. The molecular formula is C14H20O4. The highest BCUT2D eigenvalue weighted by molar-refractivity contribution is 6.20. The number of aliphatic hydroxyl groups excluding tert-OH is 1. The maximum Gasteiger partial charge on any atom is 0.233 e. The van der Waals surface area contributed by atoms with Crippen molar-refractivity contribution in [2.75, 3.05) is 0 Å². The van der Waals surface area contributed by atoms with Crippen LogP contribution in [-0.4, -0.2) is 28.4 Å². The molecule has 1 fully saturated rings. The first kappa shape index (κ1) is 13.3. The summed E-state index contributed by atoms with van der Waals surface area (Å²) in [7, 11) is 0. The van der Waals surface area contributed by atoms with Crippen LogP contribution in [0.2, 0.25) is 0 Å². The van der Waals surface area contributed by atoms with Crippen molar-refractivity contribution in [3.05, 3.63) is 11.3 Å². The standard InChI is InChI=1S/C14H20O4/c1-12(2,3)7-8(15)10(17)14(13(4,5)6)11(18-14)9(7)16/h11,15H,1-6H3. The van der Waals surface area contributed by atoms with E-state index in [-0.39, 0.29) is 11.4 Å². The Morgan fingerprint density at radius 1 is 1.11 bits per heavy atom. The number of rotatable bonds is 0. The first-order chi connectivity index (χ1) is 7.94. The third-order valence-electron chi connectivity index (χ3n) is 3.75. The van der Waals surface area contributed by atoms with E-state index in [1.165, 1.54) is 0 Å². The lowest BCUT2D eigenvalue weighted by Crippen LogP contribution is -2.48. The number of Topliss-reactive ketones (excluding diaryl/α,β-unsaturated/α-hetero) is 2. The molecule has 0 aromatic carbocycles. The molecule has 0 spiro atoms. The predicted octanol–water partition coefficient (Wildman–Crippen LogP) is 2.18. The Labute approximate surface area is 107 Å². The summed E-state index contributed by atoms with van der Waals surface area (Å²) < 4.78 is 5.45. The van der Waals surface area contributed by atoms with E-state index < -0.39 is 34.1 Å². The van der Waals surface area contributed by atoms with Crippen molar-refractivity contribution in [2.45, 2.75) is 53.2 Å². The first-order valence-electron chi connectivity index (χ1n) is 6.15. The van der Waals surface area contributed by atoms with Crippen LogP contribution in [0, 0.1) is 10.8 Å². The number of fused-ring (bicyclic) bond motifs is 1. The molecule has 2 rings (SSSR count). The van der Waals surface area contributed by atoms with Crippen LogP contribution in [0.15, 0.2) is 11.3 Å². The number of ether oxygens (including phenoxy) is 1. The van der Waals surface area contributed by atoms with Crippen LogP contribution in [0.4, 0.5) is 0 Å². The van der Waals surface area contributed by atoms with E-state index in [1.54, 1.807) is 20.8 Å². The molecule has 0 aromatic rings. The van der Waals surface area contributed by atoms with Gasteiger partial charge in [-0.25, -0.2) is 0 Å². The quantitative estimate of drug-likeness (QED) is 0.671. The minimum absolute atomic E-state index is 0.190. The number of hydrogen-bond donors (Lipinski definition) is 1. The summed E-state index contributed by atoms with van der Waals surface area (Å²) in [5.74, 6) is -1.13. The highest BCUT2D eigenvalue weighted by Gasteiger charge is 2.75. The number of hydrogen-bond acceptors (Lipinski definition) is 4. The Hall–Kier alpha value is -1.16. The van der Waals surface area contributed by atoms with Crippen molar-refractivity contribution >= 4 is 11.6 Å². The van der Waals surface area contributed by atoms with Gasteiger partial charge in [-0.15, -0.1) is 0 Å². The van der Waals surface area contributed by atoms with Crippen LogP contribution in [0.3, 0.4) is 0 Å². The third-order valence-corrected chi connectivity index (χ3v) is 3.75. The van der Waals surface area contributed by atoms with Gasteiger partial charge in [-0.2, -0.15) is 0 Å². The lowest BCUT2D eigenvalue weighted by molar-refractivity contribution is -0.129. The Morgan fingerprint density at radius 3 is 2.00 bits per heavy atom. The zero-order valence-corrected chi connectivity index (χ0v) is 11.7. The minimum atomic E-state index is -1.16. The van der Waals surface area contributed by atoms with Gasteiger partial charge in [-0.05, 0) is 5.41 Å². The van der Waals surface area contributed by atoms with Crippen molar-refractivity contribution in [2.24, 2.45) is 10.8 Å². The molecular weight excluding hydrogens is 232 g/mol. The normalized spacial score (nSPS) is 32.7. The van der Waals surface area contributed by atoms with Crippen LogP contribution in [0.5, 0.6) is 0 Å². The van der Waals surface area contributed by atoms with Gasteiger partial charge in [-0.3, -0.25) is 9.59 Å². The van der Waals surface area contributed by atoms with Gasteiger partial charge < -0.3 is 9.84 Å². The summed E-state index contributed by atoms with van der Waals surface area (Å²) in [4.78, 5) is 24.7. The molecule has 1 aliphatic carbocycles. The minimum Gasteiger partial charge on any atom is -0.504 e. The highest BCUT2D eigenvalue weighted by Crippen LogP contribution is 2.56. The Bertz CT molecular complexity index is 473. The van der Waals surface area contributed by atoms with Gasteiger partial charge in [0.1, 0.15) is 0 Å². The summed E-state index contributed by atoms with van der Waals surface area (Å²) >= 11 is 0. The molecule has 100 valence electrons. The van der Waals surface area contributed by atoms with E-state index in [4.69, 9.17) is 4.74 Å². The highest BCUT2D eigenvalue weighted by atomic mass is 16.6. The number of carbonyl (C=O) groups excluding carboxylic acids is 2. The number of aliphatic hydroxyl groups is 1. The molecule has 0 amide bonds. The maximum absolute atomic E-state index is 12.4. The Morgan fingerprint density at radius 2 is 1.61 bits per heavy atom. The molecule has 2 atom stereocenters. The number of epoxide rings is 1. The second kappa shape index (κ2) is 3.23. The molecule has 1 N–H and O–H groups in total. The van der Waals surface area contributed by atoms with Crippen LogP contribution < -0.4 is 0 Å². The lowest BCUT2D eigenvalue weighted by Gasteiger charge is -2.32. The lowest BCUT2D eigenvalue weighted by atomic mass is 9.67. The third kappa shape index (κ3) is 1.41. The molecule has 2 unspecified atom stereocenters. The monoisotopic (exact) mass is 252 g/mol. The predicted molar refractivity (Wildman–Crippen MR) is 66.2 cm³/mol. The SMILES string of the molecule is CC(C)(C)C1=C(O)C(=O)C2(C(C)(C)C)OC2C1=O. The topological polar surface area (TPSA) is 66.9 Å². The van der Waals surface area contributed by atoms with E-state index in [9.17, 15) is 14.7 Å². The van der Waals surface area contributed by atoms with Crippen molar-refractivity contribution in [1.29, 1.82) is 0 Å². The van der Waals surface area contributed by atoms with Gasteiger partial charge in [-0.1, -0.05) is 41.5 Å². The molecule has 4 nitrogen and oxygen atoms in total. The van der Waals surface area contributed by atoms with Crippen LogP contribution in [0.25, 0.3) is 0 Å². The van der Waals surface area contributed by atoms with Gasteiger partial charge in [0.05, 0.1) is 0 Å². The average Bonchev–Trinajstić information content (AvgIpc) is 2.87. The molecule has 2 aliphatic rings. The summed E-state index contributed by atoms with van der Waals surface area (Å²) in [6.45, 7) is 10.9. The number of carbonyl (C=O) groups is 2. The molecule has 1 heterocycles. The van der Waals surface area contributed by atoms with Crippen LogP contribution in [0.1, 0.15) is 41.5 Å². The second-order valence-corrected chi connectivity index (χ2v) is 7.15. The van der Waals surface area contributed by atoms with Crippen molar-refractivity contribution in [1.82, 2.24) is 0 Å². The summed E-state index contributed by atoms with van der Waals surface area (Å²) in [5.41, 5.74) is -2.05. The summed E-state index contributed by atoms with van der Waals surface area (Å²) in [6.07, 6.45) is -0.727. The van der Waals surface area contributed by atoms with Gasteiger partial charge in [0.25, 0.3) is 0 Å². The van der Waals surface area contributed by atoms with Crippen molar-refractivity contribution in [3.63, 3.8) is 0 Å². The fourth-order valence-corrected chi connectivity index (χ4v) is 2.74. The molecule has 1 saturated heterocycles. The maximum atomic E-state index is 12.4. The first-order valence-corrected chi connectivity index (χ1v) is 6.15. The van der Waals surface area contributed by atoms with Crippen molar-refractivity contribution in [3.8, 4) is 0 Å². The second-order valence-electron chi connectivity index (χ2n) is 7.15. The number of ketones is 2. The Balaban J connectivity index is 2.58. The summed E-state index contributed by atoms with van der Waals surface area (Å²) in [6, 6.07) is 0. The molecule has 0 aromatic heterocycles. The van der Waals surface area contributed by atoms with Gasteiger partial charge >= 0.3 is 0 Å². The zero-order chi connectivity index (χ0) is 14.1. The fraction of sp³-hybridized carbons (Fsp3) is 0.714. The molecule has 0 radical (unpaired) electrons. The largest absolute Gasteiger partial charge is 0.504 e.